The second-order valence-corrected chi connectivity index (χ2v) is 5.31. The summed E-state index contributed by atoms with van der Waals surface area (Å²) in [4.78, 5) is 12.4. The van der Waals surface area contributed by atoms with Crippen LogP contribution >= 0.6 is 11.6 Å². The molecule has 0 aliphatic rings. The zero-order valence-corrected chi connectivity index (χ0v) is 12.9. The molecular weight excluding hydrogens is 291 g/mol. The summed E-state index contributed by atoms with van der Waals surface area (Å²) in [5.41, 5.74) is 2.69. The highest BCUT2D eigenvalue weighted by Gasteiger charge is 2.18. The minimum absolute atomic E-state index is 0.0207. The highest BCUT2D eigenvalue weighted by molar-refractivity contribution is 6.30. The molecule has 4 heteroatoms. The van der Waals surface area contributed by atoms with Crippen molar-refractivity contribution in [3.05, 3.63) is 63.4 Å². The number of hydrogen-bond donors (Lipinski definition) is 0. The Hall–Kier alpha value is -1.87. The van der Waals surface area contributed by atoms with E-state index in [1.165, 1.54) is 13.2 Å². The maximum absolute atomic E-state index is 13.9. The molecule has 0 N–H and O–H groups in total. The summed E-state index contributed by atoms with van der Waals surface area (Å²) >= 11 is 5.74. The summed E-state index contributed by atoms with van der Waals surface area (Å²) in [7, 11) is 1.53. The first-order valence-electron chi connectivity index (χ1n) is 6.56. The fraction of sp³-hybridized carbons (Fsp3) is 0.235. The largest absolute Gasteiger partial charge is 0.496 e. The Morgan fingerprint density at radius 3 is 2.62 bits per heavy atom. The van der Waals surface area contributed by atoms with Gasteiger partial charge in [-0.2, -0.15) is 0 Å². The average molecular weight is 307 g/mol. The van der Waals surface area contributed by atoms with Gasteiger partial charge in [0.2, 0.25) is 0 Å². The summed E-state index contributed by atoms with van der Waals surface area (Å²) in [6, 6.07) is 8.23. The maximum Gasteiger partial charge on any atom is 0.171 e. The summed E-state index contributed by atoms with van der Waals surface area (Å²) in [5.74, 6) is -0.200. The standard InChI is InChI=1S/C17H16ClFO2/c1-10-7-8-13(17(21-3)11(10)2)15(20)9-12-5-4-6-14(18)16(12)19/h4-8H,9H2,1-3H3. The topological polar surface area (TPSA) is 26.3 Å². The van der Waals surface area contributed by atoms with Crippen LogP contribution in [0.15, 0.2) is 30.3 Å². The van der Waals surface area contributed by atoms with Crippen molar-refractivity contribution < 1.29 is 13.9 Å². The Morgan fingerprint density at radius 1 is 1.24 bits per heavy atom. The van der Waals surface area contributed by atoms with E-state index in [9.17, 15) is 9.18 Å². The Bertz CT molecular complexity index is 695. The monoisotopic (exact) mass is 306 g/mol. The second kappa shape index (κ2) is 6.27. The van der Waals surface area contributed by atoms with E-state index in [1.54, 1.807) is 18.2 Å². The molecule has 2 rings (SSSR count). The molecule has 0 amide bonds. The van der Waals surface area contributed by atoms with Crippen molar-refractivity contribution in [2.75, 3.05) is 7.11 Å². The van der Waals surface area contributed by atoms with Crippen LogP contribution in [0.4, 0.5) is 4.39 Å². The molecular formula is C17H16ClFO2. The smallest absolute Gasteiger partial charge is 0.171 e. The number of ether oxygens (including phenoxy) is 1. The first-order valence-corrected chi connectivity index (χ1v) is 6.93. The number of hydrogen-bond acceptors (Lipinski definition) is 2. The zero-order valence-electron chi connectivity index (χ0n) is 12.2. The molecule has 0 saturated heterocycles. The van der Waals surface area contributed by atoms with Crippen molar-refractivity contribution >= 4 is 17.4 Å². The predicted octanol–water partition coefficient (Wildman–Crippen LogP) is 4.53. The first-order chi connectivity index (χ1) is 9.95. The molecule has 0 aliphatic heterocycles. The molecule has 0 fully saturated rings. The minimum Gasteiger partial charge on any atom is -0.496 e. The van der Waals surface area contributed by atoms with Crippen molar-refractivity contribution in [2.45, 2.75) is 20.3 Å². The second-order valence-electron chi connectivity index (χ2n) is 4.90. The number of methoxy groups -OCH3 is 1. The molecule has 110 valence electrons. The van der Waals surface area contributed by atoms with Gasteiger partial charge in [0.15, 0.2) is 5.78 Å². The van der Waals surface area contributed by atoms with Crippen molar-refractivity contribution in [1.82, 2.24) is 0 Å². The van der Waals surface area contributed by atoms with E-state index in [-0.39, 0.29) is 22.8 Å². The molecule has 0 bridgehead atoms. The van der Waals surface area contributed by atoms with E-state index in [0.717, 1.165) is 11.1 Å². The Kier molecular flexibility index (Phi) is 4.63. The number of Topliss-reactive ketones (excluding diaryl/α,β-unsaturated/α-hetero) is 1. The van der Waals surface area contributed by atoms with Crippen molar-refractivity contribution in [1.29, 1.82) is 0 Å². The van der Waals surface area contributed by atoms with Crippen LogP contribution in [-0.4, -0.2) is 12.9 Å². The van der Waals surface area contributed by atoms with E-state index >= 15 is 0 Å². The maximum atomic E-state index is 13.9. The van der Waals surface area contributed by atoms with E-state index in [2.05, 4.69) is 0 Å². The van der Waals surface area contributed by atoms with Gasteiger partial charge in [0.1, 0.15) is 11.6 Å². The molecule has 0 aliphatic carbocycles. The van der Waals surface area contributed by atoms with Crippen LogP contribution in [0.1, 0.15) is 27.0 Å². The van der Waals surface area contributed by atoms with E-state index in [0.29, 0.717) is 11.3 Å². The highest BCUT2D eigenvalue weighted by atomic mass is 35.5. The van der Waals surface area contributed by atoms with Crippen LogP contribution in [0.2, 0.25) is 5.02 Å². The number of carbonyl (C=O) groups excluding carboxylic acids is 1. The van der Waals surface area contributed by atoms with Crippen LogP contribution in [0.3, 0.4) is 0 Å². The van der Waals surface area contributed by atoms with E-state index < -0.39 is 5.82 Å². The fourth-order valence-corrected chi connectivity index (χ4v) is 2.42. The van der Waals surface area contributed by atoms with Crippen molar-refractivity contribution in [3.8, 4) is 5.75 Å². The lowest BCUT2D eigenvalue weighted by Gasteiger charge is -2.13. The molecule has 0 spiro atoms. The van der Waals surface area contributed by atoms with Gasteiger partial charge in [0, 0.05) is 6.42 Å². The molecule has 2 aromatic carbocycles. The van der Waals surface area contributed by atoms with E-state index in [1.807, 2.05) is 19.9 Å². The van der Waals surface area contributed by atoms with Gasteiger partial charge in [-0.15, -0.1) is 0 Å². The average Bonchev–Trinajstić information content (AvgIpc) is 2.46. The fourth-order valence-electron chi connectivity index (χ4n) is 2.23. The molecule has 0 atom stereocenters. The zero-order chi connectivity index (χ0) is 15.6. The number of rotatable bonds is 4. The minimum atomic E-state index is -0.546. The number of aryl methyl sites for hydroxylation is 1. The summed E-state index contributed by atoms with van der Waals surface area (Å²) in [6.07, 6.45) is -0.0503. The summed E-state index contributed by atoms with van der Waals surface area (Å²) in [5, 5.41) is 0.0207. The third-order valence-electron chi connectivity index (χ3n) is 3.56. The molecule has 0 unspecified atom stereocenters. The van der Waals surface area contributed by atoms with Gasteiger partial charge in [-0.05, 0) is 42.7 Å². The van der Waals surface area contributed by atoms with Gasteiger partial charge >= 0.3 is 0 Å². The lowest BCUT2D eigenvalue weighted by molar-refractivity contribution is 0.0988. The van der Waals surface area contributed by atoms with Crippen molar-refractivity contribution in [2.24, 2.45) is 0 Å². The van der Waals surface area contributed by atoms with Gasteiger partial charge in [-0.3, -0.25) is 4.79 Å². The summed E-state index contributed by atoms with van der Waals surface area (Å²) in [6.45, 7) is 3.84. The van der Waals surface area contributed by atoms with Crippen molar-refractivity contribution in [3.63, 3.8) is 0 Å². The molecule has 2 aromatic rings. The predicted molar refractivity (Wildman–Crippen MR) is 81.9 cm³/mol. The molecule has 0 saturated carbocycles. The number of ketones is 1. The summed E-state index contributed by atoms with van der Waals surface area (Å²) < 4.78 is 19.2. The van der Waals surface area contributed by atoms with Crippen LogP contribution in [0.5, 0.6) is 5.75 Å². The van der Waals surface area contributed by atoms with Gasteiger partial charge in [0.25, 0.3) is 0 Å². The lowest BCUT2D eigenvalue weighted by atomic mass is 9.97. The van der Waals surface area contributed by atoms with Gasteiger partial charge < -0.3 is 4.74 Å². The van der Waals surface area contributed by atoms with Gasteiger partial charge in [0.05, 0.1) is 17.7 Å². The Balaban J connectivity index is 2.37. The number of halogens is 2. The first kappa shape index (κ1) is 15.5. The quantitative estimate of drug-likeness (QED) is 0.776. The highest BCUT2D eigenvalue weighted by Crippen LogP contribution is 2.28. The molecule has 21 heavy (non-hydrogen) atoms. The molecule has 2 nitrogen and oxygen atoms in total. The number of benzene rings is 2. The van der Waals surface area contributed by atoms with Crippen LogP contribution < -0.4 is 4.74 Å². The number of carbonyl (C=O) groups is 1. The molecule has 0 radical (unpaired) electrons. The van der Waals surface area contributed by atoms with Gasteiger partial charge in [-0.25, -0.2) is 4.39 Å². The molecule has 0 heterocycles. The van der Waals surface area contributed by atoms with E-state index in [4.69, 9.17) is 16.3 Å². The van der Waals surface area contributed by atoms with Crippen LogP contribution in [-0.2, 0) is 6.42 Å². The normalized spacial score (nSPS) is 10.5. The SMILES string of the molecule is COc1c(C(=O)Cc2cccc(Cl)c2F)ccc(C)c1C. The Labute approximate surface area is 128 Å². The lowest BCUT2D eigenvalue weighted by Crippen LogP contribution is -2.08. The van der Waals surface area contributed by atoms with Crippen LogP contribution in [0.25, 0.3) is 0 Å². The Morgan fingerprint density at radius 2 is 1.95 bits per heavy atom. The van der Waals surface area contributed by atoms with Crippen LogP contribution in [0, 0.1) is 19.7 Å². The molecule has 0 aromatic heterocycles. The van der Waals surface area contributed by atoms with Gasteiger partial charge in [-0.1, -0.05) is 29.8 Å². The third kappa shape index (κ3) is 3.08. The third-order valence-corrected chi connectivity index (χ3v) is 3.86.